The first-order chi connectivity index (χ1) is 9.80. The zero-order valence-corrected chi connectivity index (χ0v) is 11.4. The van der Waals surface area contributed by atoms with Crippen LogP contribution in [-0.4, -0.2) is 13.5 Å². The Kier molecular flexibility index (Phi) is 4.27. The van der Waals surface area contributed by atoms with Crippen LogP contribution < -0.4 is 9.47 Å². The molecule has 2 aromatic carbocycles. The van der Waals surface area contributed by atoms with Crippen molar-refractivity contribution in [1.29, 1.82) is 0 Å². The summed E-state index contributed by atoms with van der Waals surface area (Å²) in [5.74, 6) is -0.904. The minimum Gasteiger partial charge on any atom is -0.497 e. The maximum Gasteiger partial charge on any atom is 0.573 e. The molecule has 0 aromatic heterocycles. The molecule has 0 aliphatic heterocycles. The lowest BCUT2D eigenvalue weighted by molar-refractivity contribution is -0.274. The van der Waals surface area contributed by atoms with Crippen molar-refractivity contribution in [2.45, 2.75) is 6.36 Å². The van der Waals surface area contributed by atoms with Crippen molar-refractivity contribution < 1.29 is 27.0 Å². The second kappa shape index (κ2) is 5.81. The summed E-state index contributed by atoms with van der Waals surface area (Å²) in [5, 5.41) is -0.188. The number of hydrogen-bond acceptors (Lipinski definition) is 2. The number of ether oxygens (including phenoxy) is 2. The number of benzene rings is 2. The van der Waals surface area contributed by atoms with Crippen LogP contribution in [-0.2, 0) is 0 Å². The predicted molar refractivity (Wildman–Crippen MR) is 70.1 cm³/mol. The molecule has 0 bridgehead atoms. The highest BCUT2D eigenvalue weighted by atomic mass is 35.5. The fourth-order valence-corrected chi connectivity index (χ4v) is 1.96. The van der Waals surface area contributed by atoms with Crippen LogP contribution in [0.5, 0.6) is 11.5 Å². The zero-order valence-electron chi connectivity index (χ0n) is 10.7. The molecular weight excluding hydrogens is 312 g/mol. The van der Waals surface area contributed by atoms with Crippen LogP contribution in [0.1, 0.15) is 0 Å². The standard InChI is InChI=1S/C14H9ClF4O2/c1-20-10-6-11(13(16)12(15)7-10)8-3-2-4-9(5-8)21-14(17,18)19/h2-7H,1H3. The summed E-state index contributed by atoms with van der Waals surface area (Å²) >= 11 is 5.73. The molecule has 2 rings (SSSR count). The average Bonchev–Trinajstić information content (AvgIpc) is 2.40. The van der Waals surface area contributed by atoms with E-state index < -0.39 is 17.9 Å². The van der Waals surface area contributed by atoms with Gasteiger partial charge in [0.25, 0.3) is 0 Å². The Balaban J connectivity index is 2.47. The predicted octanol–water partition coefficient (Wildman–Crippen LogP) is 5.05. The maximum absolute atomic E-state index is 14.0. The normalized spacial score (nSPS) is 11.3. The Morgan fingerprint density at radius 1 is 1.05 bits per heavy atom. The van der Waals surface area contributed by atoms with Gasteiger partial charge in [-0.05, 0) is 23.8 Å². The van der Waals surface area contributed by atoms with Gasteiger partial charge in [0.1, 0.15) is 17.3 Å². The first kappa shape index (κ1) is 15.4. The van der Waals surface area contributed by atoms with Crippen LogP contribution in [0, 0.1) is 5.82 Å². The Morgan fingerprint density at radius 3 is 2.38 bits per heavy atom. The van der Waals surface area contributed by atoms with Gasteiger partial charge in [0.2, 0.25) is 0 Å². The Bertz CT molecular complexity index is 656. The lowest BCUT2D eigenvalue weighted by atomic mass is 10.0. The largest absolute Gasteiger partial charge is 0.573 e. The molecule has 0 saturated carbocycles. The van der Waals surface area contributed by atoms with Gasteiger partial charge in [0.15, 0.2) is 0 Å². The molecule has 21 heavy (non-hydrogen) atoms. The van der Waals surface area contributed by atoms with Gasteiger partial charge in [-0.15, -0.1) is 13.2 Å². The Labute approximate surface area is 122 Å². The van der Waals surface area contributed by atoms with Gasteiger partial charge in [-0.25, -0.2) is 4.39 Å². The lowest BCUT2D eigenvalue weighted by Gasteiger charge is -2.12. The minimum atomic E-state index is -4.82. The summed E-state index contributed by atoms with van der Waals surface area (Å²) < 4.78 is 59.4. The molecule has 2 aromatic rings. The van der Waals surface area contributed by atoms with Crippen molar-refractivity contribution in [2.75, 3.05) is 7.11 Å². The number of halogens is 5. The average molecular weight is 321 g/mol. The van der Waals surface area contributed by atoms with Gasteiger partial charge in [-0.3, -0.25) is 0 Å². The highest BCUT2D eigenvalue weighted by Gasteiger charge is 2.31. The summed E-state index contributed by atoms with van der Waals surface area (Å²) in [6, 6.07) is 7.57. The number of hydrogen-bond donors (Lipinski definition) is 0. The van der Waals surface area contributed by atoms with E-state index in [2.05, 4.69) is 4.74 Å². The number of alkyl halides is 3. The molecule has 112 valence electrons. The van der Waals surface area contributed by atoms with Crippen LogP contribution in [0.4, 0.5) is 17.6 Å². The van der Waals surface area contributed by atoms with Gasteiger partial charge >= 0.3 is 6.36 Å². The van der Waals surface area contributed by atoms with Crippen LogP contribution in [0.2, 0.25) is 5.02 Å². The minimum absolute atomic E-state index is 0.0203. The molecule has 0 spiro atoms. The summed E-state index contributed by atoms with van der Waals surface area (Å²) in [4.78, 5) is 0. The lowest BCUT2D eigenvalue weighted by Crippen LogP contribution is -2.17. The molecule has 0 saturated heterocycles. The van der Waals surface area contributed by atoms with E-state index in [1.54, 1.807) is 0 Å². The van der Waals surface area contributed by atoms with Crippen molar-refractivity contribution in [3.05, 3.63) is 47.2 Å². The quantitative estimate of drug-likeness (QED) is 0.736. The summed E-state index contributed by atoms with van der Waals surface area (Å²) in [6.45, 7) is 0. The molecule has 0 aliphatic rings. The molecule has 0 heterocycles. The first-order valence-corrected chi connectivity index (χ1v) is 6.07. The second-order valence-electron chi connectivity index (χ2n) is 4.05. The van der Waals surface area contributed by atoms with E-state index in [9.17, 15) is 17.6 Å². The molecular formula is C14H9ClF4O2. The van der Waals surface area contributed by atoms with E-state index in [-0.39, 0.29) is 16.1 Å². The number of rotatable bonds is 3. The van der Waals surface area contributed by atoms with Crippen molar-refractivity contribution >= 4 is 11.6 Å². The fourth-order valence-electron chi connectivity index (χ4n) is 1.75. The van der Waals surface area contributed by atoms with Gasteiger partial charge in [0.05, 0.1) is 12.1 Å². The molecule has 2 nitrogen and oxygen atoms in total. The Hall–Kier alpha value is -1.95. The van der Waals surface area contributed by atoms with Crippen LogP contribution >= 0.6 is 11.6 Å². The molecule has 0 aliphatic carbocycles. The van der Waals surface area contributed by atoms with E-state index in [1.165, 1.54) is 31.4 Å². The molecule has 0 unspecified atom stereocenters. The molecule has 0 N–H and O–H groups in total. The SMILES string of the molecule is COc1cc(Cl)c(F)c(-c2cccc(OC(F)(F)F)c2)c1. The van der Waals surface area contributed by atoms with Crippen LogP contribution in [0.3, 0.4) is 0 Å². The summed E-state index contributed by atoms with van der Waals surface area (Å²) in [6.07, 6.45) is -4.82. The molecule has 7 heteroatoms. The smallest absolute Gasteiger partial charge is 0.497 e. The van der Waals surface area contributed by atoms with Crippen molar-refractivity contribution in [3.8, 4) is 22.6 Å². The third-order valence-corrected chi connectivity index (χ3v) is 2.89. The highest BCUT2D eigenvalue weighted by molar-refractivity contribution is 6.31. The molecule has 0 fully saturated rings. The van der Waals surface area contributed by atoms with E-state index in [4.69, 9.17) is 16.3 Å². The summed E-state index contributed by atoms with van der Waals surface area (Å²) in [5.41, 5.74) is 0.210. The summed E-state index contributed by atoms with van der Waals surface area (Å²) in [7, 11) is 1.37. The van der Waals surface area contributed by atoms with E-state index in [0.29, 0.717) is 5.75 Å². The topological polar surface area (TPSA) is 18.5 Å². The third-order valence-electron chi connectivity index (χ3n) is 2.62. The zero-order chi connectivity index (χ0) is 15.6. The molecule has 0 radical (unpaired) electrons. The third kappa shape index (κ3) is 3.78. The molecule has 0 amide bonds. The van der Waals surface area contributed by atoms with Gasteiger partial charge in [-0.2, -0.15) is 0 Å². The van der Waals surface area contributed by atoms with Crippen LogP contribution in [0.15, 0.2) is 36.4 Å². The number of methoxy groups -OCH3 is 1. The Morgan fingerprint density at radius 2 is 1.76 bits per heavy atom. The maximum atomic E-state index is 14.0. The highest BCUT2D eigenvalue weighted by Crippen LogP contribution is 2.34. The van der Waals surface area contributed by atoms with E-state index in [1.807, 2.05) is 0 Å². The monoisotopic (exact) mass is 320 g/mol. The van der Waals surface area contributed by atoms with Crippen molar-refractivity contribution in [3.63, 3.8) is 0 Å². The molecule has 0 atom stereocenters. The first-order valence-electron chi connectivity index (χ1n) is 5.69. The van der Waals surface area contributed by atoms with Gasteiger partial charge in [0, 0.05) is 11.6 Å². The fraction of sp³-hybridized carbons (Fsp3) is 0.143. The van der Waals surface area contributed by atoms with Crippen molar-refractivity contribution in [2.24, 2.45) is 0 Å². The van der Waals surface area contributed by atoms with E-state index >= 15 is 0 Å². The van der Waals surface area contributed by atoms with Crippen LogP contribution in [0.25, 0.3) is 11.1 Å². The van der Waals surface area contributed by atoms with Gasteiger partial charge < -0.3 is 9.47 Å². The van der Waals surface area contributed by atoms with E-state index in [0.717, 1.165) is 12.1 Å². The second-order valence-corrected chi connectivity index (χ2v) is 4.45. The van der Waals surface area contributed by atoms with Gasteiger partial charge in [-0.1, -0.05) is 23.7 Å². The van der Waals surface area contributed by atoms with Crippen molar-refractivity contribution in [1.82, 2.24) is 0 Å².